The van der Waals surface area contributed by atoms with Gasteiger partial charge in [0.25, 0.3) is 0 Å². The molecule has 0 bridgehead atoms. The van der Waals surface area contributed by atoms with E-state index in [0.29, 0.717) is 5.95 Å². The summed E-state index contributed by atoms with van der Waals surface area (Å²) < 4.78 is 0. The van der Waals surface area contributed by atoms with Crippen LogP contribution in [0.4, 0.5) is 5.95 Å². The monoisotopic (exact) mass is 236 g/mol. The molecule has 18 heavy (non-hydrogen) atoms. The number of aromatic nitrogens is 3. The van der Waals surface area contributed by atoms with E-state index in [2.05, 4.69) is 26.3 Å². The minimum Gasteiger partial charge on any atom is -0.357 e. The van der Waals surface area contributed by atoms with Gasteiger partial charge < -0.3 is 5.32 Å². The Hall–Kier alpha value is -2.49. The highest BCUT2D eigenvalue weighted by Crippen LogP contribution is 2.26. The first-order chi connectivity index (χ1) is 8.88. The second-order valence-corrected chi connectivity index (χ2v) is 3.92. The smallest absolute Gasteiger partial charge is 0.222 e. The van der Waals surface area contributed by atoms with Crippen molar-refractivity contribution in [3.8, 4) is 11.3 Å². The van der Waals surface area contributed by atoms with Crippen molar-refractivity contribution in [3.63, 3.8) is 0 Å². The molecule has 0 saturated carbocycles. The zero-order valence-corrected chi connectivity index (χ0v) is 9.96. The Bertz CT molecular complexity index is 689. The van der Waals surface area contributed by atoms with Crippen LogP contribution < -0.4 is 5.32 Å². The van der Waals surface area contributed by atoms with E-state index in [1.807, 2.05) is 37.5 Å². The van der Waals surface area contributed by atoms with Crippen LogP contribution in [0, 0.1) is 0 Å². The number of nitrogens with zero attached hydrogens (tertiary/aromatic N) is 3. The van der Waals surface area contributed by atoms with Crippen LogP contribution in [0.15, 0.2) is 48.9 Å². The minimum atomic E-state index is 0.619. The van der Waals surface area contributed by atoms with Gasteiger partial charge in [0, 0.05) is 36.6 Å². The fourth-order valence-corrected chi connectivity index (χ4v) is 1.97. The first kappa shape index (κ1) is 10.7. The standard InChI is InChI=1S/C14H12N4/c1-15-14-17-8-6-13(18-14)11-4-2-3-10-5-7-16-9-12(10)11/h2-9H,1H3,(H,15,17,18). The van der Waals surface area contributed by atoms with Crippen LogP contribution in [0.1, 0.15) is 0 Å². The van der Waals surface area contributed by atoms with E-state index in [0.717, 1.165) is 22.0 Å². The molecule has 0 amide bonds. The first-order valence-corrected chi connectivity index (χ1v) is 5.72. The predicted octanol–water partition coefficient (Wildman–Crippen LogP) is 2.73. The predicted molar refractivity (Wildman–Crippen MR) is 72.3 cm³/mol. The summed E-state index contributed by atoms with van der Waals surface area (Å²) in [6.07, 6.45) is 5.42. The lowest BCUT2D eigenvalue weighted by Gasteiger charge is -2.06. The Labute approximate surface area is 105 Å². The van der Waals surface area contributed by atoms with E-state index >= 15 is 0 Å². The van der Waals surface area contributed by atoms with Gasteiger partial charge in [-0.2, -0.15) is 0 Å². The molecule has 3 rings (SSSR count). The molecule has 0 atom stereocenters. The van der Waals surface area contributed by atoms with Crippen molar-refractivity contribution in [1.82, 2.24) is 15.0 Å². The van der Waals surface area contributed by atoms with Crippen LogP contribution in [-0.2, 0) is 0 Å². The molecule has 0 spiro atoms. The van der Waals surface area contributed by atoms with E-state index in [4.69, 9.17) is 0 Å². The van der Waals surface area contributed by atoms with Crippen molar-refractivity contribution in [2.45, 2.75) is 0 Å². The Morgan fingerprint density at radius 1 is 1.06 bits per heavy atom. The summed E-state index contributed by atoms with van der Waals surface area (Å²) in [5, 5.41) is 5.20. The van der Waals surface area contributed by atoms with Crippen LogP contribution in [-0.4, -0.2) is 22.0 Å². The minimum absolute atomic E-state index is 0.619. The summed E-state index contributed by atoms with van der Waals surface area (Å²) in [4.78, 5) is 12.8. The van der Waals surface area contributed by atoms with E-state index in [-0.39, 0.29) is 0 Å². The largest absolute Gasteiger partial charge is 0.357 e. The van der Waals surface area contributed by atoms with Gasteiger partial charge in [-0.25, -0.2) is 9.97 Å². The molecular formula is C14H12N4. The summed E-state index contributed by atoms with van der Waals surface area (Å²) in [5.74, 6) is 0.619. The van der Waals surface area contributed by atoms with Gasteiger partial charge in [0.05, 0.1) is 5.69 Å². The van der Waals surface area contributed by atoms with Crippen molar-refractivity contribution >= 4 is 16.7 Å². The highest BCUT2D eigenvalue weighted by atomic mass is 15.1. The van der Waals surface area contributed by atoms with Crippen LogP contribution in [0.2, 0.25) is 0 Å². The molecule has 0 radical (unpaired) electrons. The molecule has 0 aliphatic heterocycles. The molecule has 4 nitrogen and oxygen atoms in total. The number of hydrogen-bond donors (Lipinski definition) is 1. The molecule has 1 aromatic carbocycles. The number of anilines is 1. The molecule has 0 aliphatic carbocycles. The molecule has 1 N–H and O–H groups in total. The average Bonchev–Trinajstić information content (AvgIpc) is 2.47. The third kappa shape index (κ3) is 1.78. The lowest BCUT2D eigenvalue weighted by molar-refractivity contribution is 1.16. The molecule has 0 saturated heterocycles. The number of rotatable bonds is 2. The van der Waals surface area contributed by atoms with Crippen molar-refractivity contribution in [2.75, 3.05) is 12.4 Å². The summed E-state index contributed by atoms with van der Waals surface area (Å²) >= 11 is 0. The summed E-state index contributed by atoms with van der Waals surface area (Å²) in [5.41, 5.74) is 1.97. The summed E-state index contributed by atoms with van der Waals surface area (Å²) in [7, 11) is 1.81. The molecule has 88 valence electrons. The Balaban J connectivity index is 2.24. The van der Waals surface area contributed by atoms with E-state index in [1.165, 1.54) is 0 Å². The average molecular weight is 236 g/mol. The maximum atomic E-state index is 4.46. The quantitative estimate of drug-likeness (QED) is 0.743. The van der Waals surface area contributed by atoms with Crippen LogP contribution in [0.5, 0.6) is 0 Å². The maximum Gasteiger partial charge on any atom is 0.222 e. The van der Waals surface area contributed by atoms with E-state index in [1.54, 1.807) is 12.4 Å². The zero-order chi connectivity index (χ0) is 12.4. The molecule has 0 unspecified atom stereocenters. The van der Waals surface area contributed by atoms with Crippen molar-refractivity contribution in [2.24, 2.45) is 0 Å². The van der Waals surface area contributed by atoms with Gasteiger partial charge in [-0.1, -0.05) is 18.2 Å². The number of pyridine rings is 1. The third-order valence-corrected chi connectivity index (χ3v) is 2.84. The highest BCUT2D eigenvalue weighted by molar-refractivity contribution is 5.95. The molecule has 4 heteroatoms. The number of benzene rings is 1. The Kier molecular flexibility index (Phi) is 2.61. The van der Waals surface area contributed by atoms with Gasteiger partial charge in [0.15, 0.2) is 0 Å². The molecule has 3 aromatic rings. The second kappa shape index (κ2) is 4.41. The van der Waals surface area contributed by atoms with E-state index in [9.17, 15) is 0 Å². The van der Waals surface area contributed by atoms with Crippen molar-refractivity contribution in [1.29, 1.82) is 0 Å². The number of nitrogens with one attached hydrogen (secondary N) is 1. The van der Waals surface area contributed by atoms with Crippen molar-refractivity contribution in [3.05, 3.63) is 48.9 Å². The first-order valence-electron chi connectivity index (χ1n) is 5.72. The number of fused-ring (bicyclic) bond motifs is 1. The second-order valence-electron chi connectivity index (χ2n) is 3.92. The normalized spacial score (nSPS) is 10.5. The van der Waals surface area contributed by atoms with Gasteiger partial charge in [-0.05, 0) is 17.5 Å². The Morgan fingerprint density at radius 3 is 2.89 bits per heavy atom. The molecule has 2 heterocycles. The lowest BCUT2D eigenvalue weighted by Crippen LogP contribution is -1.96. The zero-order valence-electron chi connectivity index (χ0n) is 9.96. The summed E-state index contributed by atoms with van der Waals surface area (Å²) in [6, 6.07) is 10.0. The molecule has 2 aromatic heterocycles. The van der Waals surface area contributed by atoms with Crippen LogP contribution >= 0.6 is 0 Å². The third-order valence-electron chi connectivity index (χ3n) is 2.84. The Morgan fingerprint density at radius 2 is 2.00 bits per heavy atom. The van der Waals surface area contributed by atoms with Gasteiger partial charge >= 0.3 is 0 Å². The van der Waals surface area contributed by atoms with Gasteiger partial charge in [-0.3, -0.25) is 4.98 Å². The topological polar surface area (TPSA) is 50.7 Å². The SMILES string of the molecule is CNc1nccc(-c2cccc3ccncc23)n1. The lowest BCUT2D eigenvalue weighted by atomic mass is 10.0. The fraction of sp³-hybridized carbons (Fsp3) is 0.0714. The molecule has 0 fully saturated rings. The van der Waals surface area contributed by atoms with Crippen LogP contribution in [0.25, 0.3) is 22.0 Å². The van der Waals surface area contributed by atoms with Crippen LogP contribution in [0.3, 0.4) is 0 Å². The summed E-state index contributed by atoms with van der Waals surface area (Å²) in [6.45, 7) is 0. The highest BCUT2D eigenvalue weighted by Gasteiger charge is 2.05. The maximum absolute atomic E-state index is 4.46. The van der Waals surface area contributed by atoms with Gasteiger partial charge in [0.2, 0.25) is 5.95 Å². The van der Waals surface area contributed by atoms with Gasteiger partial charge in [-0.15, -0.1) is 0 Å². The van der Waals surface area contributed by atoms with E-state index < -0.39 is 0 Å². The fourth-order valence-electron chi connectivity index (χ4n) is 1.97. The molecule has 0 aliphatic rings. The van der Waals surface area contributed by atoms with Crippen molar-refractivity contribution < 1.29 is 0 Å². The van der Waals surface area contributed by atoms with Gasteiger partial charge in [0.1, 0.15) is 0 Å². The molecular weight excluding hydrogens is 224 g/mol. The number of hydrogen-bond acceptors (Lipinski definition) is 4.